The van der Waals surface area contributed by atoms with Crippen molar-refractivity contribution in [3.63, 3.8) is 0 Å². The van der Waals surface area contributed by atoms with Gasteiger partial charge in [0, 0.05) is 24.3 Å². The van der Waals surface area contributed by atoms with E-state index in [1.165, 1.54) is 0 Å². The number of halogens is 1. The molecule has 0 N–H and O–H groups in total. The molecule has 23 heavy (non-hydrogen) atoms. The zero-order valence-corrected chi connectivity index (χ0v) is 11.9. The van der Waals surface area contributed by atoms with Gasteiger partial charge in [0.05, 0.1) is 9.85 Å². The maximum atomic E-state index is 13.2. The van der Waals surface area contributed by atoms with Crippen LogP contribution in [-0.2, 0) is 10.1 Å². The topological polar surface area (TPSA) is 130 Å². The number of nitrogens with zero attached hydrogens (tertiary/aromatic N) is 2. The predicted octanol–water partition coefficient (Wildman–Crippen LogP) is 2.41. The Kier molecular flexibility index (Phi) is 4.22. The van der Waals surface area contributed by atoms with Crippen LogP contribution in [0.15, 0.2) is 47.4 Å². The van der Waals surface area contributed by atoms with Crippen LogP contribution in [0.4, 0.5) is 15.8 Å². The van der Waals surface area contributed by atoms with Crippen LogP contribution in [-0.4, -0.2) is 18.3 Å². The van der Waals surface area contributed by atoms with Gasteiger partial charge >= 0.3 is 15.8 Å². The first kappa shape index (κ1) is 16.3. The summed E-state index contributed by atoms with van der Waals surface area (Å²) in [5, 5.41) is 21.3. The number of non-ortho nitro benzene ring substituents is 1. The van der Waals surface area contributed by atoms with Gasteiger partial charge in [0.1, 0.15) is 10.7 Å². The van der Waals surface area contributed by atoms with E-state index in [2.05, 4.69) is 4.18 Å². The molecule has 11 heteroatoms. The van der Waals surface area contributed by atoms with E-state index in [9.17, 15) is 33.0 Å². The minimum Gasteiger partial charge on any atom is -0.371 e. The van der Waals surface area contributed by atoms with Crippen molar-refractivity contribution in [2.45, 2.75) is 4.90 Å². The van der Waals surface area contributed by atoms with Crippen molar-refractivity contribution in [3.05, 3.63) is 68.5 Å². The lowest BCUT2D eigenvalue weighted by Crippen LogP contribution is -2.11. The molecule has 9 nitrogen and oxygen atoms in total. The quantitative estimate of drug-likeness (QED) is 0.463. The summed E-state index contributed by atoms with van der Waals surface area (Å²) in [4.78, 5) is 19.2. The zero-order chi connectivity index (χ0) is 17.2. The van der Waals surface area contributed by atoms with Crippen molar-refractivity contribution < 1.29 is 26.8 Å². The highest BCUT2D eigenvalue weighted by molar-refractivity contribution is 7.87. The molecule has 0 heterocycles. The fraction of sp³-hybridized carbons (Fsp3) is 0. The van der Waals surface area contributed by atoms with Crippen molar-refractivity contribution in [1.29, 1.82) is 0 Å². The van der Waals surface area contributed by atoms with Crippen LogP contribution in [0.25, 0.3) is 0 Å². The van der Waals surface area contributed by atoms with E-state index in [1.807, 2.05) is 0 Å². The molecule has 0 atom stereocenters. The Hall–Kier alpha value is -3.08. The Morgan fingerprint density at radius 2 is 1.57 bits per heavy atom. The monoisotopic (exact) mass is 342 g/mol. The van der Waals surface area contributed by atoms with E-state index in [0.717, 1.165) is 36.4 Å². The number of hydrogen-bond acceptors (Lipinski definition) is 7. The summed E-state index contributed by atoms with van der Waals surface area (Å²) in [6.45, 7) is 0. The molecule has 0 fully saturated rings. The summed E-state index contributed by atoms with van der Waals surface area (Å²) >= 11 is 0. The van der Waals surface area contributed by atoms with Crippen LogP contribution in [0.1, 0.15) is 0 Å². The summed E-state index contributed by atoms with van der Waals surface area (Å²) in [5.41, 5.74) is -1.09. The van der Waals surface area contributed by atoms with E-state index in [-0.39, 0.29) is 5.69 Å². The highest BCUT2D eigenvalue weighted by Gasteiger charge is 2.24. The molecule has 0 amide bonds. The van der Waals surface area contributed by atoms with Crippen molar-refractivity contribution >= 4 is 21.5 Å². The smallest absolute Gasteiger partial charge is 0.339 e. The molecule has 2 rings (SSSR count). The normalized spacial score (nSPS) is 11.0. The molecule has 0 aromatic heterocycles. The number of nitro groups is 2. The Labute approximate surface area is 128 Å². The highest BCUT2D eigenvalue weighted by atomic mass is 32.2. The summed E-state index contributed by atoms with van der Waals surface area (Å²) in [7, 11) is -4.52. The van der Waals surface area contributed by atoms with Gasteiger partial charge < -0.3 is 4.18 Å². The summed E-state index contributed by atoms with van der Waals surface area (Å²) in [5.74, 6) is -1.72. The van der Waals surface area contributed by atoms with Crippen molar-refractivity contribution in [1.82, 2.24) is 0 Å². The fourth-order valence-electron chi connectivity index (χ4n) is 1.61. The molecule has 120 valence electrons. The summed E-state index contributed by atoms with van der Waals surface area (Å²) < 4.78 is 41.8. The number of benzene rings is 2. The minimum absolute atomic E-state index is 0.347. The molecule has 0 bridgehead atoms. The van der Waals surface area contributed by atoms with E-state index in [0.29, 0.717) is 6.07 Å². The Morgan fingerprint density at radius 3 is 2.09 bits per heavy atom. The van der Waals surface area contributed by atoms with E-state index in [4.69, 9.17) is 0 Å². The number of nitro benzene ring substituents is 2. The van der Waals surface area contributed by atoms with E-state index >= 15 is 0 Å². The fourth-order valence-corrected chi connectivity index (χ4v) is 2.54. The highest BCUT2D eigenvalue weighted by Crippen LogP contribution is 2.30. The third-order valence-electron chi connectivity index (χ3n) is 2.65. The molecule has 0 spiro atoms. The average molecular weight is 342 g/mol. The molecule has 0 aliphatic rings. The standard InChI is InChI=1S/C12H7FN2O7S/c13-8-1-6-11(15(18)19)12(7-8)22-23(20,21)10-4-2-9(3-5-10)14(16)17/h1-7H. The summed E-state index contributed by atoms with van der Waals surface area (Å²) in [6.07, 6.45) is 0. The van der Waals surface area contributed by atoms with Gasteiger partial charge in [0.2, 0.25) is 5.75 Å². The number of rotatable bonds is 5. The van der Waals surface area contributed by atoms with Crippen LogP contribution in [0, 0.1) is 26.0 Å². The van der Waals surface area contributed by atoms with Crippen LogP contribution < -0.4 is 4.18 Å². The molecule has 0 unspecified atom stereocenters. The molecule has 0 aliphatic carbocycles. The Bertz CT molecular complexity index is 881. The van der Waals surface area contributed by atoms with Crippen molar-refractivity contribution in [2.24, 2.45) is 0 Å². The largest absolute Gasteiger partial charge is 0.371 e. The van der Waals surface area contributed by atoms with Gasteiger partial charge in [0.25, 0.3) is 5.69 Å². The third kappa shape index (κ3) is 3.58. The van der Waals surface area contributed by atoms with Gasteiger partial charge in [-0.05, 0) is 18.2 Å². The van der Waals surface area contributed by atoms with E-state index < -0.39 is 42.1 Å². The van der Waals surface area contributed by atoms with Crippen LogP contribution in [0.2, 0.25) is 0 Å². The van der Waals surface area contributed by atoms with E-state index in [1.54, 1.807) is 0 Å². The molecular weight excluding hydrogens is 335 g/mol. The molecule has 2 aromatic rings. The first-order chi connectivity index (χ1) is 10.7. The van der Waals surface area contributed by atoms with Crippen LogP contribution in [0.3, 0.4) is 0 Å². The first-order valence-corrected chi connectivity index (χ1v) is 7.24. The van der Waals surface area contributed by atoms with Gasteiger partial charge in [0.15, 0.2) is 0 Å². The molecule has 2 aromatic carbocycles. The van der Waals surface area contributed by atoms with Gasteiger partial charge in [-0.2, -0.15) is 8.42 Å². The second-order valence-corrected chi connectivity index (χ2v) is 5.70. The second-order valence-electron chi connectivity index (χ2n) is 4.16. The van der Waals surface area contributed by atoms with Crippen molar-refractivity contribution in [3.8, 4) is 5.75 Å². The Morgan fingerprint density at radius 1 is 0.957 bits per heavy atom. The predicted molar refractivity (Wildman–Crippen MR) is 74.0 cm³/mol. The lowest BCUT2D eigenvalue weighted by atomic mass is 10.3. The van der Waals surface area contributed by atoms with Gasteiger partial charge in [-0.25, -0.2) is 4.39 Å². The third-order valence-corrected chi connectivity index (χ3v) is 3.90. The maximum Gasteiger partial charge on any atom is 0.339 e. The molecule has 0 saturated heterocycles. The minimum atomic E-state index is -4.52. The second kappa shape index (κ2) is 5.96. The zero-order valence-electron chi connectivity index (χ0n) is 11.1. The average Bonchev–Trinajstić information content (AvgIpc) is 2.46. The van der Waals surface area contributed by atoms with Crippen LogP contribution >= 0.6 is 0 Å². The van der Waals surface area contributed by atoms with Gasteiger partial charge in [-0.15, -0.1) is 0 Å². The lowest BCUT2D eigenvalue weighted by molar-refractivity contribution is -0.385. The van der Waals surface area contributed by atoms with Crippen molar-refractivity contribution in [2.75, 3.05) is 0 Å². The van der Waals surface area contributed by atoms with Gasteiger partial charge in [-0.1, -0.05) is 0 Å². The lowest BCUT2D eigenvalue weighted by Gasteiger charge is -2.07. The SMILES string of the molecule is O=[N+]([O-])c1ccc(S(=O)(=O)Oc2cc(F)ccc2[N+](=O)[O-])cc1. The van der Waals surface area contributed by atoms with Gasteiger partial charge in [-0.3, -0.25) is 20.2 Å². The maximum absolute atomic E-state index is 13.2. The first-order valence-electron chi connectivity index (χ1n) is 5.83. The molecule has 0 aliphatic heterocycles. The molecular formula is C12H7FN2O7S. The summed E-state index contributed by atoms with van der Waals surface area (Å²) in [6, 6.07) is 5.75. The molecule has 0 radical (unpaired) electrons. The number of hydrogen-bond donors (Lipinski definition) is 0. The van der Waals surface area contributed by atoms with Crippen LogP contribution in [0.5, 0.6) is 5.75 Å². The molecule has 0 saturated carbocycles. The Balaban J connectivity index is 2.40.